The zero-order valence-electron chi connectivity index (χ0n) is 16.2. The number of H-pyrrole nitrogens is 1. The molecule has 1 aliphatic heterocycles. The Morgan fingerprint density at radius 3 is 2.57 bits per heavy atom. The molecule has 0 spiro atoms. The van der Waals surface area contributed by atoms with Crippen LogP contribution in [0.4, 0.5) is 0 Å². The minimum absolute atomic E-state index is 0.0581. The van der Waals surface area contributed by atoms with Crippen LogP contribution < -0.4 is 5.56 Å². The van der Waals surface area contributed by atoms with E-state index in [0.717, 1.165) is 17.2 Å². The van der Waals surface area contributed by atoms with Crippen LogP contribution in [0.15, 0.2) is 47.3 Å². The summed E-state index contributed by atoms with van der Waals surface area (Å²) in [6.45, 7) is 7.07. The molecule has 0 radical (unpaired) electrons. The molecular formula is C21H23N5O2. The highest BCUT2D eigenvalue weighted by molar-refractivity contribution is 5.94. The Hall–Kier alpha value is -3.22. The first-order chi connectivity index (χ1) is 13.5. The van der Waals surface area contributed by atoms with Crippen molar-refractivity contribution in [1.29, 1.82) is 0 Å². The summed E-state index contributed by atoms with van der Waals surface area (Å²) in [4.78, 5) is 30.1. The summed E-state index contributed by atoms with van der Waals surface area (Å²) in [6, 6.07) is 13.0. The molecule has 4 rings (SSSR count). The van der Waals surface area contributed by atoms with Crippen LogP contribution in [0.3, 0.4) is 0 Å². The standard InChI is InChI=1S/C21H23N5O2/c1-13(2)19-24-23-18-12-25(11-14(3)26(18)19)21(28)16-9-10-17(22-20(16)27)15-7-5-4-6-8-15/h4-10,13-14H,11-12H2,1-3H3,(H,22,27)/t14-/m0/s1. The highest BCUT2D eigenvalue weighted by Gasteiger charge is 2.31. The highest BCUT2D eigenvalue weighted by atomic mass is 16.2. The lowest BCUT2D eigenvalue weighted by Gasteiger charge is -2.33. The molecule has 0 bridgehead atoms. The summed E-state index contributed by atoms with van der Waals surface area (Å²) in [5.41, 5.74) is 1.35. The third-order valence-electron chi connectivity index (χ3n) is 5.08. The number of fused-ring (bicyclic) bond motifs is 1. The number of aromatic amines is 1. The normalized spacial score (nSPS) is 16.3. The largest absolute Gasteiger partial charge is 0.329 e. The minimum atomic E-state index is -0.381. The van der Waals surface area contributed by atoms with E-state index in [1.807, 2.05) is 37.3 Å². The van der Waals surface area contributed by atoms with E-state index in [0.29, 0.717) is 18.8 Å². The van der Waals surface area contributed by atoms with Crippen molar-refractivity contribution in [3.63, 3.8) is 0 Å². The van der Waals surface area contributed by atoms with Crippen LogP contribution in [-0.4, -0.2) is 37.1 Å². The fraction of sp³-hybridized carbons (Fsp3) is 0.333. The molecule has 1 aliphatic rings. The van der Waals surface area contributed by atoms with Gasteiger partial charge in [-0.3, -0.25) is 9.59 Å². The number of hydrogen-bond donors (Lipinski definition) is 1. The second-order valence-electron chi connectivity index (χ2n) is 7.51. The van der Waals surface area contributed by atoms with Gasteiger partial charge in [-0.25, -0.2) is 0 Å². The van der Waals surface area contributed by atoms with Crippen LogP contribution in [0.1, 0.15) is 54.7 Å². The van der Waals surface area contributed by atoms with Gasteiger partial charge in [-0.15, -0.1) is 10.2 Å². The molecule has 144 valence electrons. The number of nitrogens with one attached hydrogen (secondary N) is 1. The van der Waals surface area contributed by atoms with E-state index in [4.69, 9.17) is 0 Å². The molecule has 0 saturated carbocycles. The van der Waals surface area contributed by atoms with E-state index in [1.54, 1.807) is 17.0 Å². The zero-order valence-corrected chi connectivity index (χ0v) is 16.2. The van der Waals surface area contributed by atoms with E-state index >= 15 is 0 Å². The maximum atomic E-state index is 13.0. The molecule has 28 heavy (non-hydrogen) atoms. The van der Waals surface area contributed by atoms with Gasteiger partial charge in [0.1, 0.15) is 11.4 Å². The molecule has 7 heteroatoms. The molecule has 0 aliphatic carbocycles. The average Bonchev–Trinajstić information content (AvgIpc) is 3.13. The van der Waals surface area contributed by atoms with Crippen molar-refractivity contribution in [2.24, 2.45) is 0 Å². The van der Waals surface area contributed by atoms with E-state index in [1.165, 1.54) is 0 Å². The third-order valence-corrected chi connectivity index (χ3v) is 5.08. The van der Waals surface area contributed by atoms with E-state index < -0.39 is 0 Å². The molecule has 3 aromatic rings. The van der Waals surface area contributed by atoms with Gasteiger partial charge in [0.15, 0.2) is 5.82 Å². The predicted molar refractivity (Wildman–Crippen MR) is 106 cm³/mol. The Morgan fingerprint density at radius 1 is 1.14 bits per heavy atom. The van der Waals surface area contributed by atoms with Crippen LogP contribution in [0.25, 0.3) is 11.3 Å². The molecular weight excluding hydrogens is 354 g/mol. The Balaban J connectivity index is 1.61. The first-order valence-electron chi connectivity index (χ1n) is 9.47. The fourth-order valence-corrected chi connectivity index (χ4v) is 3.71. The minimum Gasteiger partial charge on any atom is -0.329 e. The number of pyridine rings is 1. The number of rotatable bonds is 3. The van der Waals surface area contributed by atoms with Crippen molar-refractivity contribution in [3.8, 4) is 11.3 Å². The third kappa shape index (κ3) is 3.13. The lowest BCUT2D eigenvalue weighted by Crippen LogP contribution is -2.42. The number of benzene rings is 1. The number of amides is 1. The van der Waals surface area contributed by atoms with Gasteiger partial charge < -0.3 is 14.5 Å². The molecule has 1 N–H and O–H groups in total. The van der Waals surface area contributed by atoms with Crippen LogP contribution >= 0.6 is 0 Å². The quantitative estimate of drug-likeness (QED) is 0.761. The van der Waals surface area contributed by atoms with E-state index in [2.05, 4.69) is 33.6 Å². The van der Waals surface area contributed by atoms with Gasteiger partial charge in [0.05, 0.1) is 12.6 Å². The first kappa shape index (κ1) is 18.2. The molecule has 7 nitrogen and oxygen atoms in total. The monoisotopic (exact) mass is 377 g/mol. The van der Waals surface area contributed by atoms with Crippen molar-refractivity contribution >= 4 is 5.91 Å². The molecule has 2 aromatic heterocycles. The summed E-state index contributed by atoms with van der Waals surface area (Å²) in [5.74, 6) is 1.67. The van der Waals surface area contributed by atoms with Crippen LogP contribution in [0.2, 0.25) is 0 Å². The zero-order chi connectivity index (χ0) is 19.8. The summed E-state index contributed by atoms with van der Waals surface area (Å²) < 4.78 is 2.11. The van der Waals surface area contributed by atoms with E-state index in [-0.39, 0.29) is 29.0 Å². The summed E-state index contributed by atoms with van der Waals surface area (Å²) in [5, 5.41) is 8.55. The molecule has 1 amide bonds. The van der Waals surface area contributed by atoms with Gasteiger partial charge in [0.2, 0.25) is 0 Å². The van der Waals surface area contributed by atoms with Crippen LogP contribution in [0, 0.1) is 0 Å². The summed E-state index contributed by atoms with van der Waals surface area (Å²) >= 11 is 0. The second kappa shape index (κ2) is 7.07. The SMILES string of the molecule is CC(C)c1nnc2n1[C@@H](C)CN(C(=O)c1ccc(-c3ccccc3)[nH]c1=O)C2. The lowest BCUT2D eigenvalue weighted by atomic mass is 10.1. The van der Waals surface area contributed by atoms with Crippen molar-refractivity contribution < 1.29 is 4.79 Å². The van der Waals surface area contributed by atoms with Gasteiger partial charge in [0, 0.05) is 18.2 Å². The van der Waals surface area contributed by atoms with Gasteiger partial charge >= 0.3 is 0 Å². The van der Waals surface area contributed by atoms with Crippen LogP contribution in [-0.2, 0) is 6.54 Å². The Labute approximate surface area is 163 Å². The Bertz CT molecular complexity index is 1070. The van der Waals surface area contributed by atoms with Crippen LogP contribution in [0.5, 0.6) is 0 Å². The van der Waals surface area contributed by atoms with E-state index in [9.17, 15) is 9.59 Å². The molecule has 3 heterocycles. The molecule has 0 saturated heterocycles. The maximum Gasteiger partial charge on any atom is 0.261 e. The van der Waals surface area contributed by atoms with Crippen molar-refractivity contribution in [2.75, 3.05) is 6.54 Å². The first-order valence-corrected chi connectivity index (χ1v) is 9.47. The average molecular weight is 377 g/mol. The maximum absolute atomic E-state index is 13.0. The highest BCUT2D eigenvalue weighted by Crippen LogP contribution is 2.26. The van der Waals surface area contributed by atoms with Gasteiger partial charge in [0.25, 0.3) is 11.5 Å². The molecule has 1 atom stereocenters. The number of carbonyl (C=O) groups is 1. The van der Waals surface area contributed by atoms with Crippen molar-refractivity contribution in [1.82, 2.24) is 24.6 Å². The number of nitrogens with zero attached hydrogens (tertiary/aromatic N) is 4. The molecule has 0 unspecified atom stereocenters. The smallest absolute Gasteiger partial charge is 0.261 e. The predicted octanol–water partition coefficient (Wildman–Crippen LogP) is 2.97. The topological polar surface area (TPSA) is 83.9 Å². The number of hydrogen-bond acceptors (Lipinski definition) is 4. The molecule has 1 aromatic carbocycles. The van der Waals surface area contributed by atoms with Crippen molar-refractivity contribution in [2.45, 2.75) is 39.3 Å². The fourth-order valence-electron chi connectivity index (χ4n) is 3.71. The van der Waals surface area contributed by atoms with Crippen molar-refractivity contribution in [3.05, 3.63) is 70.0 Å². The summed E-state index contributed by atoms with van der Waals surface area (Å²) in [7, 11) is 0. The summed E-state index contributed by atoms with van der Waals surface area (Å²) in [6.07, 6.45) is 0. The van der Waals surface area contributed by atoms with Gasteiger partial charge in [-0.05, 0) is 24.6 Å². The van der Waals surface area contributed by atoms with Gasteiger partial charge in [-0.1, -0.05) is 44.2 Å². The second-order valence-corrected chi connectivity index (χ2v) is 7.51. The van der Waals surface area contributed by atoms with Gasteiger partial charge in [-0.2, -0.15) is 0 Å². The number of carbonyl (C=O) groups excluding carboxylic acids is 1. The Kier molecular flexibility index (Phi) is 4.58. The number of aromatic nitrogens is 4. The molecule has 0 fully saturated rings. The Morgan fingerprint density at radius 2 is 1.89 bits per heavy atom. The lowest BCUT2D eigenvalue weighted by molar-refractivity contribution is 0.0677.